The molecule has 9 heteroatoms. The molecule has 5 rings (SSSR count). The number of likely N-dealkylation sites (tertiary alicyclic amines) is 2. The van der Waals surface area contributed by atoms with Gasteiger partial charge in [-0.05, 0) is 55.9 Å². The van der Waals surface area contributed by atoms with Crippen LogP contribution in [-0.2, 0) is 32.0 Å². The summed E-state index contributed by atoms with van der Waals surface area (Å²) in [6, 6.07) is 6.08. The number of amides is 2. The van der Waals surface area contributed by atoms with E-state index < -0.39 is 18.1 Å². The van der Waals surface area contributed by atoms with Gasteiger partial charge in [0, 0.05) is 50.1 Å². The third kappa shape index (κ3) is 4.65. The summed E-state index contributed by atoms with van der Waals surface area (Å²) >= 11 is 0. The van der Waals surface area contributed by atoms with Crippen molar-refractivity contribution in [2.24, 2.45) is 0 Å². The van der Waals surface area contributed by atoms with Crippen molar-refractivity contribution in [3.63, 3.8) is 0 Å². The Kier molecular flexibility index (Phi) is 6.77. The standard InChI is InChI=1S/C26H31N5O4/c1-2-35-26(34)21(15-17-5-3-11-27-16-17)31-24(32)22(25(31)33)30-13-9-18(10-14-30)20-8-7-19-6-4-12-28-23(19)29-20/h3,5,7-8,11,16,18,21-22H,2,4,6,9-10,12-15H2,1H3,(H,28,29). The number of carbonyl (C=O) groups excluding carboxylic acids is 3. The lowest BCUT2D eigenvalue weighted by molar-refractivity contribution is -0.178. The molecule has 1 unspecified atom stereocenters. The number of anilines is 1. The molecule has 0 spiro atoms. The van der Waals surface area contributed by atoms with Crippen LogP contribution in [0.3, 0.4) is 0 Å². The minimum atomic E-state index is -0.972. The molecule has 35 heavy (non-hydrogen) atoms. The van der Waals surface area contributed by atoms with Crippen molar-refractivity contribution in [3.8, 4) is 0 Å². The van der Waals surface area contributed by atoms with E-state index in [0.717, 1.165) is 54.2 Å². The van der Waals surface area contributed by atoms with Crippen molar-refractivity contribution in [1.82, 2.24) is 19.8 Å². The van der Waals surface area contributed by atoms with Gasteiger partial charge in [-0.2, -0.15) is 0 Å². The molecule has 1 N–H and O–H groups in total. The van der Waals surface area contributed by atoms with Gasteiger partial charge in [-0.3, -0.25) is 24.4 Å². The third-order valence-electron chi connectivity index (χ3n) is 7.19. The van der Waals surface area contributed by atoms with Crippen LogP contribution >= 0.6 is 0 Å². The fraction of sp³-hybridized carbons (Fsp3) is 0.500. The minimum absolute atomic E-state index is 0.182. The van der Waals surface area contributed by atoms with E-state index in [0.29, 0.717) is 19.0 Å². The Labute approximate surface area is 204 Å². The number of hydrogen-bond acceptors (Lipinski definition) is 8. The molecule has 2 fully saturated rings. The molecule has 1 atom stereocenters. The molecule has 184 valence electrons. The number of piperidine rings is 1. The summed E-state index contributed by atoms with van der Waals surface area (Å²) in [6.07, 6.45) is 7.32. The monoisotopic (exact) mass is 477 g/mol. The van der Waals surface area contributed by atoms with Crippen LogP contribution in [0.25, 0.3) is 0 Å². The van der Waals surface area contributed by atoms with Crippen LogP contribution in [0.15, 0.2) is 36.7 Å². The second-order valence-electron chi connectivity index (χ2n) is 9.37. The quantitative estimate of drug-likeness (QED) is 0.366. The van der Waals surface area contributed by atoms with Gasteiger partial charge in [0.2, 0.25) is 0 Å². The number of aromatic nitrogens is 2. The Morgan fingerprint density at radius 1 is 1.20 bits per heavy atom. The molecule has 2 aromatic heterocycles. The van der Waals surface area contributed by atoms with Gasteiger partial charge < -0.3 is 10.1 Å². The molecular formula is C26H31N5O4. The minimum Gasteiger partial charge on any atom is -0.464 e. The number of pyridine rings is 2. The zero-order chi connectivity index (χ0) is 24.4. The van der Waals surface area contributed by atoms with Crippen molar-refractivity contribution < 1.29 is 19.1 Å². The zero-order valence-electron chi connectivity index (χ0n) is 20.0. The summed E-state index contributed by atoms with van der Waals surface area (Å²) in [4.78, 5) is 50.9. The summed E-state index contributed by atoms with van der Waals surface area (Å²) in [6.45, 7) is 4.12. The number of nitrogens with one attached hydrogen (secondary N) is 1. The first-order valence-corrected chi connectivity index (χ1v) is 12.5. The van der Waals surface area contributed by atoms with E-state index in [1.165, 1.54) is 5.56 Å². The van der Waals surface area contributed by atoms with E-state index in [4.69, 9.17) is 9.72 Å². The summed E-state index contributed by atoms with van der Waals surface area (Å²) in [5.74, 6) is 0.0783. The highest BCUT2D eigenvalue weighted by Crippen LogP contribution is 2.33. The number of carbonyl (C=O) groups is 3. The SMILES string of the molecule is CCOC(=O)C(Cc1cccnc1)N1C(=O)C(N2CCC(c3ccc4c(n3)NCCC4)CC2)C1=O. The summed E-state index contributed by atoms with van der Waals surface area (Å²) in [5.41, 5.74) is 3.11. The molecule has 2 aromatic rings. The van der Waals surface area contributed by atoms with Gasteiger partial charge in [0.25, 0.3) is 11.8 Å². The Morgan fingerprint density at radius 3 is 2.71 bits per heavy atom. The van der Waals surface area contributed by atoms with Crippen LogP contribution in [0.4, 0.5) is 5.82 Å². The number of hydrogen-bond donors (Lipinski definition) is 1. The van der Waals surface area contributed by atoms with Gasteiger partial charge in [-0.1, -0.05) is 12.1 Å². The maximum absolute atomic E-state index is 13.1. The summed E-state index contributed by atoms with van der Waals surface area (Å²) in [5, 5.41) is 3.39. The van der Waals surface area contributed by atoms with Crippen molar-refractivity contribution in [2.45, 2.75) is 57.0 Å². The van der Waals surface area contributed by atoms with Crippen LogP contribution in [0.2, 0.25) is 0 Å². The first-order valence-electron chi connectivity index (χ1n) is 12.5. The molecule has 0 bridgehead atoms. The molecule has 0 saturated carbocycles. The molecule has 2 saturated heterocycles. The third-order valence-corrected chi connectivity index (χ3v) is 7.19. The molecule has 3 aliphatic rings. The average Bonchev–Trinajstić information content (AvgIpc) is 2.89. The number of aryl methyl sites for hydroxylation is 1. The van der Waals surface area contributed by atoms with Gasteiger partial charge in [0.1, 0.15) is 11.9 Å². The molecule has 0 radical (unpaired) electrons. The first kappa shape index (κ1) is 23.4. The fourth-order valence-electron chi connectivity index (χ4n) is 5.32. The van der Waals surface area contributed by atoms with Gasteiger partial charge in [0.15, 0.2) is 6.04 Å². The van der Waals surface area contributed by atoms with Gasteiger partial charge >= 0.3 is 5.97 Å². The van der Waals surface area contributed by atoms with E-state index in [9.17, 15) is 14.4 Å². The maximum Gasteiger partial charge on any atom is 0.329 e. The van der Waals surface area contributed by atoms with Gasteiger partial charge in [0.05, 0.1) is 6.61 Å². The highest BCUT2D eigenvalue weighted by molar-refractivity contribution is 6.22. The molecule has 0 aromatic carbocycles. The smallest absolute Gasteiger partial charge is 0.329 e. The lowest BCUT2D eigenvalue weighted by Gasteiger charge is -2.46. The van der Waals surface area contributed by atoms with E-state index >= 15 is 0 Å². The molecule has 2 amide bonds. The highest BCUT2D eigenvalue weighted by Gasteiger charge is 2.55. The number of esters is 1. The van der Waals surface area contributed by atoms with E-state index in [1.54, 1.807) is 25.4 Å². The Balaban J connectivity index is 1.23. The molecule has 9 nitrogen and oxygen atoms in total. The van der Waals surface area contributed by atoms with Crippen LogP contribution in [0, 0.1) is 0 Å². The normalized spacial score (nSPS) is 20.1. The number of fused-ring (bicyclic) bond motifs is 1. The van der Waals surface area contributed by atoms with Crippen LogP contribution in [0.5, 0.6) is 0 Å². The number of nitrogens with zero attached hydrogens (tertiary/aromatic N) is 4. The maximum atomic E-state index is 13.1. The van der Waals surface area contributed by atoms with E-state index in [-0.39, 0.29) is 24.8 Å². The first-order chi connectivity index (χ1) is 17.1. The van der Waals surface area contributed by atoms with Crippen LogP contribution < -0.4 is 5.32 Å². The lowest BCUT2D eigenvalue weighted by Crippen LogP contribution is -2.72. The lowest BCUT2D eigenvalue weighted by atomic mass is 9.89. The van der Waals surface area contributed by atoms with E-state index in [2.05, 4.69) is 22.4 Å². The number of imide groups is 1. The topological polar surface area (TPSA) is 105 Å². The number of β-lactam (4-membered cyclic amide) rings is 2. The summed E-state index contributed by atoms with van der Waals surface area (Å²) < 4.78 is 5.18. The Bertz CT molecular complexity index is 1080. The average molecular weight is 478 g/mol. The molecule has 0 aliphatic carbocycles. The Morgan fingerprint density at radius 2 is 2.00 bits per heavy atom. The van der Waals surface area contributed by atoms with Crippen molar-refractivity contribution >= 4 is 23.6 Å². The zero-order valence-corrected chi connectivity index (χ0v) is 20.0. The Hall–Kier alpha value is -3.33. The van der Waals surface area contributed by atoms with Crippen molar-refractivity contribution in [3.05, 3.63) is 53.5 Å². The number of rotatable bonds is 7. The predicted molar refractivity (Wildman–Crippen MR) is 129 cm³/mol. The van der Waals surface area contributed by atoms with Gasteiger partial charge in [-0.15, -0.1) is 0 Å². The highest BCUT2D eigenvalue weighted by atomic mass is 16.5. The second-order valence-corrected chi connectivity index (χ2v) is 9.37. The van der Waals surface area contributed by atoms with Crippen molar-refractivity contribution in [2.75, 3.05) is 31.6 Å². The van der Waals surface area contributed by atoms with E-state index in [1.807, 2.05) is 11.0 Å². The predicted octanol–water partition coefficient (Wildman–Crippen LogP) is 1.93. The summed E-state index contributed by atoms with van der Waals surface area (Å²) in [7, 11) is 0. The molecular weight excluding hydrogens is 446 g/mol. The van der Waals surface area contributed by atoms with Gasteiger partial charge in [-0.25, -0.2) is 9.78 Å². The van der Waals surface area contributed by atoms with Crippen LogP contribution in [-0.4, -0.2) is 75.9 Å². The van der Waals surface area contributed by atoms with Crippen molar-refractivity contribution in [1.29, 1.82) is 0 Å². The largest absolute Gasteiger partial charge is 0.464 e. The fourth-order valence-corrected chi connectivity index (χ4v) is 5.32. The second kappa shape index (κ2) is 10.1. The number of ether oxygens (including phenoxy) is 1. The molecule has 5 heterocycles. The molecule has 3 aliphatic heterocycles. The van der Waals surface area contributed by atoms with Crippen LogP contribution in [0.1, 0.15) is 48.9 Å².